The molecule has 0 N–H and O–H groups in total. The Morgan fingerprint density at radius 2 is 1.27 bits per heavy atom. The van der Waals surface area contributed by atoms with Gasteiger partial charge < -0.3 is 4.90 Å². The minimum atomic E-state index is -0.205. The summed E-state index contributed by atoms with van der Waals surface area (Å²) in [5.74, 6) is 0. The number of anilines is 1. The molecule has 1 heteroatoms. The van der Waals surface area contributed by atoms with Crippen molar-refractivity contribution in [2.24, 2.45) is 0 Å². The molecule has 13 rings (SSSR count). The maximum absolute atomic E-state index is 2.75. The molecule has 2 atom stereocenters. The summed E-state index contributed by atoms with van der Waals surface area (Å²) in [7, 11) is 0. The Balaban J connectivity index is 0.979. The fraction of sp³-hybridized carbons (Fsp3) is 0.258. The Bertz CT molecular complexity index is 3150. The molecule has 0 saturated heterocycles. The molecule has 2 unspecified atom stereocenters. The van der Waals surface area contributed by atoms with E-state index in [0.29, 0.717) is 0 Å². The van der Waals surface area contributed by atoms with E-state index >= 15 is 0 Å². The molecule has 0 fully saturated rings. The predicted octanol–water partition coefficient (Wildman–Crippen LogP) is 13.8. The molecule has 0 bridgehead atoms. The fourth-order valence-electron chi connectivity index (χ4n) is 13.6. The van der Waals surface area contributed by atoms with E-state index in [2.05, 4.69) is 177 Å². The summed E-state index contributed by atoms with van der Waals surface area (Å²) in [5.41, 5.74) is 26.8. The smallest absolute Gasteiger partial charge is 0.0715 e. The van der Waals surface area contributed by atoms with Crippen LogP contribution in [0.4, 0.5) is 5.69 Å². The molecular formula is C62H55N. The predicted molar refractivity (Wildman–Crippen MR) is 264 cm³/mol. The third kappa shape index (κ3) is 5.35. The van der Waals surface area contributed by atoms with Gasteiger partial charge in [0, 0.05) is 22.0 Å². The van der Waals surface area contributed by atoms with Crippen LogP contribution >= 0.6 is 0 Å². The lowest BCUT2D eigenvalue weighted by Gasteiger charge is -2.38. The second-order valence-corrected chi connectivity index (χ2v) is 19.7. The van der Waals surface area contributed by atoms with Crippen molar-refractivity contribution in [2.45, 2.75) is 101 Å². The van der Waals surface area contributed by atoms with E-state index < -0.39 is 0 Å². The molecular weight excluding hydrogens is 759 g/mol. The number of nitrogens with zero attached hydrogens (tertiary/aromatic N) is 1. The van der Waals surface area contributed by atoms with Crippen LogP contribution in [0.3, 0.4) is 0 Å². The van der Waals surface area contributed by atoms with Gasteiger partial charge in [0.2, 0.25) is 0 Å². The molecule has 0 amide bonds. The van der Waals surface area contributed by atoms with Gasteiger partial charge in [0.15, 0.2) is 0 Å². The van der Waals surface area contributed by atoms with Gasteiger partial charge >= 0.3 is 0 Å². The highest BCUT2D eigenvalue weighted by Crippen LogP contribution is 2.65. The number of benzene rings is 4. The van der Waals surface area contributed by atoms with Crippen LogP contribution in [0.25, 0.3) is 28.0 Å². The van der Waals surface area contributed by atoms with E-state index in [1.165, 1.54) is 60.8 Å². The quantitative estimate of drug-likeness (QED) is 0.194. The Morgan fingerprint density at radius 3 is 2.11 bits per heavy atom. The average molecular weight is 814 g/mol. The third-order valence-electron chi connectivity index (χ3n) is 16.4. The molecule has 0 saturated carbocycles. The first-order chi connectivity index (χ1) is 31.0. The highest BCUT2D eigenvalue weighted by molar-refractivity contribution is 5.93. The van der Waals surface area contributed by atoms with Crippen LogP contribution in [0.1, 0.15) is 112 Å². The molecule has 0 radical (unpaired) electrons. The normalized spacial score (nSPS) is 24.6. The number of rotatable bonds is 5. The number of allylic oxidation sites excluding steroid dienone is 18. The topological polar surface area (TPSA) is 3.24 Å². The molecule has 0 aromatic heterocycles. The first-order valence-corrected chi connectivity index (χ1v) is 24.0. The third-order valence-corrected chi connectivity index (χ3v) is 16.4. The highest BCUT2D eigenvalue weighted by Gasteiger charge is 2.54. The monoisotopic (exact) mass is 813 g/mol. The van der Waals surface area contributed by atoms with Crippen LogP contribution in [0.2, 0.25) is 0 Å². The second kappa shape index (κ2) is 14.2. The van der Waals surface area contributed by atoms with Crippen molar-refractivity contribution in [1.29, 1.82) is 0 Å². The first-order valence-electron chi connectivity index (χ1n) is 24.0. The summed E-state index contributed by atoms with van der Waals surface area (Å²) in [4.78, 5) is 2.75. The number of fused-ring (bicyclic) bond motifs is 10. The molecule has 4 aromatic carbocycles. The fourth-order valence-corrected chi connectivity index (χ4v) is 13.6. The van der Waals surface area contributed by atoms with E-state index in [9.17, 15) is 0 Å². The summed E-state index contributed by atoms with van der Waals surface area (Å²) in [6.45, 7) is 4.92. The van der Waals surface area contributed by atoms with Gasteiger partial charge in [0.1, 0.15) is 0 Å². The van der Waals surface area contributed by atoms with Crippen molar-refractivity contribution in [3.8, 4) is 0 Å². The average Bonchev–Trinajstić information content (AvgIpc) is 3.90. The van der Waals surface area contributed by atoms with Crippen molar-refractivity contribution in [3.05, 3.63) is 235 Å². The molecule has 0 aliphatic heterocycles. The minimum absolute atomic E-state index is 0.0164. The highest BCUT2D eigenvalue weighted by atomic mass is 15.2. The summed E-state index contributed by atoms with van der Waals surface area (Å²) in [6.07, 6.45) is 36.9. The van der Waals surface area contributed by atoms with Gasteiger partial charge in [0.05, 0.1) is 11.5 Å². The summed E-state index contributed by atoms with van der Waals surface area (Å²) < 4.78 is 0. The van der Waals surface area contributed by atoms with Crippen LogP contribution in [0.5, 0.6) is 0 Å². The van der Waals surface area contributed by atoms with Gasteiger partial charge in [-0.1, -0.05) is 165 Å². The van der Waals surface area contributed by atoms with E-state index in [1.807, 2.05) is 0 Å². The van der Waals surface area contributed by atoms with Crippen molar-refractivity contribution >= 4 is 33.7 Å². The maximum atomic E-state index is 2.75. The molecule has 1 nitrogen and oxygen atoms in total. The lowest BCUT2D eigenvalue weighted by molar-refractivity contribution is 0.607. The Labute approximate surface area is 373 Å². The van der Waals surface area contributed by atoms with E-state index in [-0.39, 0.29) is 16.9 Å². The van der Waals surface area contributed by atoms with Gasteiger partial charge in [-0.25, -0.2) is 0 Å². The Hall–Kier alpha value is -6.18. The molecule has 308 valence electrons. The zero-order valence-electron chi connectivity index (χ0n) is 36.8. The Kier molecular flexibility index (Phi) is 8.41. The standard InChI is InChI=1S/C62H55N/c1-61(2)54-24-12-8-19-47(54)51-35-33-44(39-58(51)61)63(43-31-28-41(29-32-43)40-16-4-3-5-17-40)60-37-36-45(46-18-6-7-23-53(46)60)42-30-34-52-50-22-11-15-27-57(50)62(59(52)38-42)55-25-13-9-20-48(55)49-21-10-14-26-56(49)62/h3-9,13-20,23,25-29,31,33,35,38-39,43H,10-12,21-22,24,30,32,34,36-37H2,1-2H3. The SMILES string of the molecule is CC1(C)C2=C(C=CCC2)c2ccc(N(C3=c4ccccc4=C(C4=CC5=C(CC4)C4=C(C=CCC4)C54C5=C(CCC=C5)c5ccccc54)CC3)C3C=CC(c4ccccc4)=CC3)cc21. The van der Waals surface area contributed by atoms with Gasteiger partial charge in [0.25, 0.3) is 0 Å². The zero-order chi connectivity index (χ0) is 41.9. The van der Waals surface area contributed by atoms with Crippen molar-refractivity contribution in [3.63, 3.8) is 0 Å². The lowest BCUT2D eigenvalue weighted by Crippen LogP contribution is -2.43. The van der Waals surface area contributed by atoms with Crippen LogP contribution in [-0.2, 0) is 10.8 Å². The molecule has 0 heterocycles. The summed E-state index contributed by atoms with van der Waals surface area (Å²) in [6, 6.07) is 37.5. The first kappa shape index (κ1) is 37.4. The van der Waals surface area contributed by atoms with E-state index in [4.69, 9.17) is 0 Å². The summed E-state index contributed by atoms with van der Waals surface area (Å²) >= 11 is 0. The van der Waals surface area contributed by atoms with Crippen LogP contribution < -0.4 is 15.3 Å². The van der Waals surface area contributed by atoms with Gasteiger partial charge in [-0.05, 0) is 172 Å². The number of hydrogen-bond acceptors (Lipinski definition) is 1. The van der Waals surface area contributed by atoms with E-state index in [0.717, 1.165) is 70.6 Å². The van der Waals surface area contributed by atoms with Gasteiger partial charge in [-0.3, -0.25) is 0 Å². The number of hydrogen-bond donors (Lipinski definition) is 0. The van der Waals surface area contributed by atoms with Gasteiger partial charge in [-0.15, -0.1) is 0 Å². The van der Waals surface area contributed by atoms with E-state index in [1.54, 1.807) is 50.2 Å². The van der Waals surface area contributed by atoms with Crippen LogP contribution in [0.15, 0.2) is 197 Å². The molecule has 4 aromatic rings. The zero-order valence-corrected chi connectivity index (χ0v) is 36.8. The van der Waals surface area contributed by atoms with Crippen molar-refractivity contribution in [1.82, 2.24) is 0 Å². The molecule has 1 spiro atoms. The van der Waals surface area contributed by atoms with Crippen LogP contribution in [-0.4, -0.2) is 6.04 Å². The molecule has 9 aliphatic rings. The Morgan fingerprint density at radius 1 is 0.556 bits per heavy atom. The second-order valence-electron chi connectivity index (χ2n) is 19.7. The van der Waals surface area contributed by atoms with Crippen molar-refractivity contribution < 1.29 is 0 Å². The largest absolute Gasteiger partial charge is 0.337 e. The maximum Gasteiger partial charge on any atom is 0.0715 e. The van der Waals surface area contributed by atoms with Crippen molar-refractivity contribution in [2.75, 3.05) is 4.90 Å². The van der Waals surface area contributed by atoms with Gasteiger partial charge in [-0.2, -0.15) is 0 Å². The lowest BCUT2D eigenvalue weighted by atomic mass is 9.65. The minimum Gasteiger partial charge on any atom is -0.337 e. The molecule has 63 heavy (non-hydrogen) atoms. The summed E-state index contributed by atoms with van der Waals surface area (Å²) in [5, 5.41) is 2.83. The molecule has 9 aliphatic carbocycles. The van der Waals surface area contributed by atoms with Crippen LogP contribution in [0, 0.1) is 0 Å².